The van der Waals surface area contributed by atoms with Crippen molar-refractivity contribution >= 4 is 43.2 Å². The molecule has 26 heavy (non-hydrogen) atoms. The van der Waals surface area contributed by atoms with Gasteiger partial charge in [0.2, 0.25) is 10.0 Å². The Balaban J connectivity index is 1.50. The first-order valence-electron chi connectivity index (χ1n) is 8.29. The minimum absolute atomic E-state index is 0.240. The van der Waals surface area contributed by atoms with Crippen molar-refractivity contribution in [2.24, 2.45) is 0 Å². The molecule has 0 aliphatic carbocycles. The summed E-state index contributed by atoms with van der Waals surface area (Å²) in [4.78, 5) is 16.9. The molecular formula is C18H17N3O3S2. The minimum atomic E-state index is -3.44. The van der Waals surface area contributed by atoms with Gasteiger partial charge in [-0.25, -0.2) is 13.4 Å². The number of nitrogens with zero attached hydrogens (tertiary/aromatic N) is 2. The molecule has 1 N–H and O–H groups in total. The number of nitrogens with one attached hydrogen (secondary N) is 1. The van der Waals surface area contributed by atoms with E-state index in [0.29, 0.717) is 24.3 Å². The Kier molecular flexibility index (Phi) is 4.47. The Morgan fingerprint density at radius 2 is 1.81 bits per heavy atom. The molecule has 8 heteroatoms. The molecule has 1 aliphatic rings. The molecule has 1 aliphatic heterocycles. The maximum Gasteiger partial charge on any atom is 0.255 e. The van der Waals surface area contributed by atoms with Gasteiger partial charge in [-0.2, -0.15) is 4.31 Å². The summed E-state index contributed by atoms with van der Waals surface area (Å²) in [5.41, 5.74) is 3.70. The summed E-state index contributed by atoms with van der Waals surface area (Å²) in [5, 5.41) is 2.80. The van der Waals surface area contributed by atoms with E-state index in [2.05, 4.69) is 10.3 Å². The van der Waals surface area contributed by atoms with Gasteiger partial charge in [-0.05, 0) is 55.3 Å². The average Bonchev–Trinajstić information content (AvgIpc) is 3.33. The van der Waals surface area contributed by atoms with Crippen molar-refractivity contribution in [3.8, 4) is 0 Å². The zero-order chi connectivity index (χ0) is 18.1. The number of hydrogen-bond acceptors (Lipinski definition) is 5. The maximum atomic E-state index is 12.5. The highest BCUT2D eigenvalue weighted by Gasteiger charge is 2.26. The number of carbonyl (C=O) groups is 1. The van der Waals surface area contributed by atoms with Gasteiger partial charge in [-0.15, -0.1) is 11.3 Å². The molecule has 1 amide bonds. The van der Waals surface area contributed by atoms with Gasteiger partial charge in [0, 0.05) is 24.3 Å². The van der Waals surface area contributed by atoms with Crippen LogP contribution < -0.4 is 5.32 Å². The molecule has 0 spiro atoms. The summed E-state index contributed by atoms with van der Waals surface area (Å²) in [6, 6.07) is 11.6. The molecule has 0 bridgehead atoms. The van der Waals surface area contributed by atoms with Crippen LogP contribution in [0.3, 0.4) is 0 Å². The van der Waals surface area contributed by atoms with Crippen molar-refractivity contribution in [2.75, 3.05) is 18.4 Å². The summed E-state index contributed by atoms with van der Waals surface area (Å²) in [7, 11) is -3.44. The smallest absolute Gasteiger partial charge is 0.255 e. The van der Waals surface area contributed by atoms with Crippen molar-refractivity contribution in [1.29, 1.82) is 0 Å². The Morgan fingerprint density at radius 3 is 2.54 bits per heavy atom. The zero-order valence-electron chi connectivity index (χ0n) is 13.9. The Labute approximate surface area is 155 Å². The Morgan fingerprint density at radius 1 is 1.08 bits per heavy atom. The molecule has 1 saturated heterocycles. The lowest BCUT2D eigenvalue weighted by atomic mass is 10.2. The molecule has 3 aromatic rings. The standard InChI is InChI=1S/C18H17N3O3S2/c22-18(13-3-8-16-17(11-13)25-12-19-16)20-14-4-6-15(7-5-14)26(23,24)21-9-1-2-10-21/h3-8,11-12H,1-2,9-10H2,(H,20,22). The summed E-state index contributed by atoms with van der Waals surface area (Å²) < 4.78 is 27.5. The van der Waals surface area contributed by atoms with Gasteiger partial charge in [0.25, 0.3) is 5.91 Å². The largest absolute Gasteiger partial charge is 0.322 e. The molecule has 134 valence electrons. The van der Waals surface area contributed by atoms with Crippen molar-refractivity contribution in [1.82, 2.24) is 9.29 Å². The Hall–Kier alpha value is -2.29. The van der Waals surface area contributed by atoms with Gasteiger partial charge in [-0.3, -0.25) is 4.79 Å². The van der Waals surface area contributed by atoms with Crippen LogP contribution in [0.25, 0.3) is 10.2 Å². The van der Waals surface area contributed by atoms with Crippen LogP contribution in [0.15, 0.2) is 52.9 Å². The van der Waals surface area contributed by atoms with Crippen molar-refractivity contribution in [2.45, 2.75) is 17.7 Å². The van der Waals surface area contributed by atoms with E-state index in [0.717, 1.165) is 23.1 Å². The van der Waals surface area contributed by atoms with Crippen molar-refractivity contribution in [3.05, 3.63) is 53.5 Å². The number of thiazole rings is 1. The molecular weight excluding hydrogens is 370 g/mol. The average molecular weight is 387 g/mol. The number of amides is 1. The van der Waals surface area contributed by atoms with Crippen LogP contribution in [0.4, 0.5) is 5.69 Å². The third kappa shape index (κ3) is 3.23. The summed E-state index contributed by atoms with van der Waals surface area (Å²) in [5.74, 6) is -0.240. The number of aromatic nitrogens is 1. The van der Waals surface area contributed by atoms with E-state index in [1.165, 1.54) is 27.8 Å². The fraction of sp³-hybridized carbons (Fsp3) is 0.222. The fourth-order valence-corrected chi connectivity index (χ4v) is 5.22. The number of fused-ring (bicyclic) bond motifs is 1. The second-order valence-electron chi connectivity index (χ2n) is 6.12. The summed E-state index contributed by atoms with van der Waals surface area (Å²) >= 11 is 1.48. The van der Waals surface area contributed by atoms with Crippen LogP contribution in [0.1, 0.15) is 23.2 Å². The molecule has 0 saturated carbocycles. The van der Waals surface area contributed by atoms with Crippen molar-refractivity contribution in [3.63, 3.8) is 0 Å². The molecule has 1 fully saturated rings. The SMILES string of the molecule is O=C(Nc1ccc(S(=O)(=O)N2CCCC2)cc1)c1ccc2ncsc2c1. The second-order valence-corrected chi connectivity index (χ2v) is 8.95. The highest BCUT2D eigenvalue weighted by molar-refractivity contribution is 7.89. The van der Waals surface area contributed by atoms with Gasteiger partial charge in [-0.1, -0.05) is 0 Å². The van der Waals surface area contributed by atoms with E-state index in [4.69, 9.17) is 0 Å². The Bertz CT molecular complexity index is 1050. The van der Waals surface area contributed by atoms with Crippen LogP contribution in [0.5, 0.6) is 0 Å². The summed E-state index contributed by atoms with van der Waals surface area (Å²) in [6.07, 6.45) is 1.80. The molecule has 2 aromatic carbocycles. The van der Waals surface area contributed by atoms with Crippen LogP contribution in [0, 0.1) is 0 Å². The number of hydrogen-bond donors (Lipinski definition) is 1. The van der Waals surface area contributed by atoms with Gasteiger partial charge >= 0.3 is 0 Å². The minimum Gasteiger partial charge on any atom is -0.322 e. The van der Waals surface area contributed by atoms with E-state index in [1.807, 2.05) is 6.07 Å². The quantitative estimate of drug-likeness (QED) is 0.745. The number of rotatable bonds is 4. The fourth-order valence-electron chi connectivity index (χ4n) is 2.99. The van der Waals surface area contributed by atoms with Gasteiger partial charge in [0.05, 0.1) is 20.6 Å². The van der Waals surface area contributed by atoms with E-state index in [9.17, 15) is 13.2 Å². The van der Waals surface area contributed by atoms with E-state index < -0.39 is 10.0 Å². The van der Waals surface area contributed by atoms with Crippen LogP contribution in [0.2, 0.25) is 0 Å². The monoisotopic (exact) mass is 387 g/mol. The molecule has 6 nitrogen and oxygen atoms in total. The number of sulfonamides is 1. The maximum absolute atomic E-state index is 12.5. The molecule has 2 heterocycles. The molecule has 1 aromatic heterocycles. The third-order valence-electron chi connectivity index (χ3n) is 4.41. The van der Waals surface area contributed by atoms with E-state index >= 15 is 0 Å². The van der Waals surface area contributed by atoms with E-state index in [-0.39, 0.29) is 10.8 Å². The lowest BCUT2D eigenvalue weighted by molar-refractivity contribution is 0.102. The number of anilines is 1. The van der Waals surface area contributed by atoms with Gasteiger partial charge in [0.1, 0.15) is 0 Å². The van der Waals surface area contributed by atoms with Crippen molar-refractivity contribution < 1.29 is 13.2 Å². The molecule has 0 atom stereocenters. The normalized spacial score (nSPS) is 15.4. The highest BCUT2D eigenvalue weighted by atomic mass is 32.2. The zero-order valence-corrected chi connectivity index (χ0v) is 15.5. The first-order chi connectivity index (χ1) is 12.5. The van der Waals surface area contributed by atoms with Gasteiger partial charge in [0.15, 0.2) is 0 Å². The van der Waals surface area contributed by atoms with Gasteiger partial charge < -0.3 is 5.32 Å². The molecule has 0 unspecified atom stereocenters. The third-order valence-corrected chi connectivity index (χ3v) is 7.11. The lowest BCUT2D eigenvalue weighted by Crippen LogP contribution is -2.27. The predicted molar refractivity (Wildman–Crippen MR) is 102 cm³/mol. The van der Waals surface area contributed by atoms with E-state index in [1.54, 1.807) is 29.8 Å². The molecule has 0 radical (unpaired) electrons. The second kappa shape index (κ2) is 6.79. The van der Waals surface area contributed by atoms with Crippen LogP contribution in [-0.4, -0.2) is 36.7 Å². The predicted octanol–water partition coefficient (Wildman–Crippen LogP) is 3.33. The lowest BCUT2D eigenvalue weighted by Gasteiger charge is -2.15. The number of benzene rings is 2. The molecule has 4 rings (SSSR count). The summed E-state index contributed by atoms with van der Waals surface area (Å²) in [6.45, 7) is 1.14. The first-order valence-corrected chi connectivity index (χ1v) is 10.6. The highest BCUT2D eigenvalue weighted by Crippen LogP contribution is 2.23. The van der Waals surface area contributed by atoms with Crippen LogP contribution >= 0.6 is 11.3 Å². The topological polar surface area (TPSA) is 79.4 Å². The number of carbonyl (C=O) groups excluding carboxylic acids is 1. The first kappa shape index (κ1) is 17.1. The van der Waals surface area contributed by atoms with Crippen LogP contribution in [-0.2, 0) is 10.0 Å².